The summed E-state index contributed by atoms with van der Waals surface area (Å²) in [5, 5.41) is 11.1. The Morgan fingerprint density at radius 1 is 1.53 bits per heavy atom. The van der Waals surface area contributed by atoms with Gasteiger partial charge in [-0.1, -0.05) is 12.7 Å². The van der Waals surface area contributed by atoms with Gasteiger partial charge in [0.1, 0.15) is 6.61 Å². The summed E-state index contributed by atoms with van der Waals surface area (Å²) in [7, 11) is 0. The number of amides is 1. The van der Waals surface area contributed by atoms with E-state index in [2.05, 4.69) is 21.6 Å². The number of nitrogens with one attached hydrogen (secondary N) is 1. The first-order chi connectivity index (χ1) is 8.13. The van der Waals surface area contributed by atoms with E-state index in [-0.39, 0.29) is 18.7 Å². The zero-order chi connectivity index (χ0) is 12.7. The number of nitrogens with zero attached hydrogens (tertiary/aromatic N) is 1. The maximum Gasteiger partial charge on any atom is 0.407 e. The average molecular weight is 236 g/mol. The molecular formula is C11H12N2O4. The van der Waals surface area contributed by atoms with Gasteiger partial charge in [0.2, 0.25) is 0 Å². The Balaban J connectivity index is 2.44. The van der Waals surface area contributed by atoms with Crippen molar-refractivity contribution >= 4 is 12.1 Å². The number of aromatic nitrogens is 1. The molecule has 2 N–H and O–H groups in total. The fourth-order valence-electron chi connectivity index (χ4n) is 1.00. The predicted molar refractivity (Wildman–Crippen MR) is 59.6 cm³/mol. The number of carbonyl (C=O) groups is 2. The fourth-order valence-corrected chi connectivity index (χ4v) is 1.00. The minimum atomic E-state index is -1.04. The largest absolute Gasteiger partial charge is 0.478 e. The number of pyridine rings is 1. The van der Waals surface area contributed by atoms with Crippen LogP contribution < -0.4 is 5.32 Å². The maximum atomic E-state index is 11.0. The lowest BCUT2D eigenvalue weighted by molar-refractivity contribution is 0.0696. The van der Waals surface area contributed by atoms with Gasteiger partial charge in [0.15, 0.2) is 0 Å². The van der Waals surface area contributed by atoms with Crippen molar-refractivity contribution in [1.82, 2.24) is 10.3 Å². The summed E-state index contributed by atoms with van der Waals surface area (Å²) in [5.41, 5.74) is 0.647. The average Bonchev–Trinajstić information content (AvgIpc) is 2.34. The summed E-state index contributed by atoms with van der Waals surface area (Å²) >= 11 is 0. The van der Waals surface area contributed by atoms with Crippen LogP contribution in [0.1, 0.15) is 16.1 Å². The van der Waals surface area contributed by atoms with Crippen LogP contribution in [0.25, 0.3) is 0 Å². The van der Waals surface area contributed by atoms with Gasteiger partial charge in [0.25, 0.3) is 0 Å². The van der Waals surface area contributed by atoms with Gasteiger partial charge in [-0.2, -0.15) is 0 Å². The van der Waals surface area contributed by atoms with Crippen molar-refractivity contribution in [2.45, 2.75) is 6.54 Å². The standard InChI is InChI=1S/C11H12N2O4/c1-2-5-17-11(16)13-7-9-4-3-8(6-12-9)10(14)15/h2-4,6H,1,5,7H2,(H,13,16)(H,14,15). The van der Waals surface area contributed by atoms with E-state index in [1.165, 1.54) is 24.4 Å². The molecule has 1 amide bonds. The van der Waals surface area contributed by atoms with Crippen LogP contribution in [-0.4, -0.2) is 28.8 Å². The van der Waals surface area contributed by atoms with Gasteiger partial charge in [-0.15, -0.1) is 0 Å². The van der Waals surface area contributed by atoms with Gasteiger partial charge in [-0.05, 0) is 12.1 Å². The van der Waals surface area contributed by atoms with E-state index < -0.39 is 12.1 Å². The summed E-state index contributed by atoms with van der Waals surface area (Å²) in [6, 6.07) is 2.94. The third-order valence-electron chi connectivity index (χ3n) is 1.82. The van der Waals surface area contributed by atoms with E-state index in [0.29, 0.717) is 5.69 Å². The molecule has 90 valence electrons. The summed E-state index contributed by atoms with van der Waals surface area (Å²) in [6.07, 6.45) is 2.11. The summed E-state index contributed by atoms with van der Waals surface area (Å²) in [4.78, 5) is 25.5. The highest BCUT2D eigenvalue weighted by Crippen LogP contribution is 2.00. The molecule has 1 aromatic heterocycles. The van der Waals surface area contributed by atoms with Crippen LogP contribution in [0.15, 0.2) is 31.0 Å². The molecule has 0 aromatic carbocycles. The molecule has 6 heteroatoms. The van der Waals surface area contributed by atoms with Crippen molar-refractivity contribution in [3.8, 4) is 0 Å². The number of hydrogen-bond acceptors (Lipinski definition) is 4. The lowest BCUT2D eigenvalue weighted by Gasteiger charge is -2.04. The molecule has 0 aliphatic rings. The Kier molecular flexibility index (Phi) is 4.68. The molecule has 0 fully saturated rings. The van der Waals surface area contributed by atoms with E-state index >= 15 is 0 Å². The summed E-state index contributed by atoms with van der Waals surface area (Å²) in [5.74, 6) is -1.04. The second kappa shape index (κ2) is 6.26. The van der Waals surface area contributed by atoms with E-state index in [1.54, 1.807) is 0 Å². The Labute approximate surface area is 97.9 Å². The number of hydrogen-bond donors (Lipinski definition) is 2. The normalized spacial score (nSPS) is 9.41. The van der Waals surface area contributed by atoms with Crippen LogP contribution in [0.5, 0.6) is 0 Å². The molecule has 0 bridgehead atoms. The zero-order valence-corrected chi connectivity index (χ0v) is 9.05. The first-order valence-electron chi connectivity index (χ1n) is 4.83. The van der Waals surface area contributed by atoms with Crippen molar-refractivity contribution in [3.63, 3.8) is 0 Å². The second-order valence-electron chi connectivity index (χ2n) is 3.08. The number of aromatic carboxylic acids is 1. The highest BCUT2D eigenvalue weighted by molar-refractivity contribution is 5.87. The van der Waals surface area contributed by atoms with Crippen molar-refractivity contribution in [3.05, 3.63) is 42.2 Å². The third-order valence-corrected chi connectivity index (χ3v) is 1.82. The third kappa shape index (κ3) is 4.33. The van der Waals surface area contributed by atoms with Crippen LogP contribution >= 0.6 is 0 Å². The quantitative estimate of drug-likeness (QED) is 0.750. The number of rotatable bonds is 5. The summed E-state index contributed by atoms with van der Waals surface area (Å²) < 4.78 is 4.68. The minimum absolute atomic E-state index is 0.1000. The van der Waals surface area contributed by atoms with Crippen molar-refractivity contribution < 1.29 is 19.4 Å². The minimum Gasteiger partial charge on any atom is -0.478 e. The second-order valence-corrected chi connectivity index (χ2v) is 3.08. The molecule has 0 saturated heterocycles. The Bertz CT molecular complexity index is 414. The monoisotopic (exact) mass is 236 g/mol. The Hall–Kier alpha value is -2.37. The Morgan fingerprint density at radius 2 is 2.29 bits per heavy atom. The van der Waals surface area contributed by atoms with Gasteiger partial charge < -0.3 is 15.2 Å². The van der Waals surface area contributed by atoms with Gasteiger partial charge in [-0.25, -0.2) is 9.59 Å². The maximum absolute atomic E-state index is 11.0. The molecule has 17 heavy (non-hydrogen) atoms. The van der Waals surface area contributed by atoms with Gasteiger partial charge in [0.05, 0.1) is 17.8 Å². The van der Waals surface area contributed by atoms with Crippen LogP contribution in [0, 0.1) is 0 Å². The van der Waals surface area contributed by atoms with Crippen LogP contribution in [-0.2, 0) is 11.3 Å². The van der Waals surface area contributed by atoms with E-state index in [1.807, 2.05) is 0 Å². The molecule has 1 aromatic rings. The topological polar surface area (TPSA) is 88.5 Å². The lowest BCUT2D eigenvalue weighted by atomic mass is 10.2. The molecule has 0 saturated carbocycles. The first kappa shape index (κ1) is 12.7. The summed E-state index contributed by atoms with van der Waals surface area (Å²) in [6.45, 7) is 3.72. The van der Waals surface area contributed by atoms with Crippen molar-refractivity contribution in [2.24, 2.45) is 0 Å². The molecule has 0 aliphatic carbocycles. The number of carbonyl (C=O) groups excluding carboxylic acids is 1. The van der Waals surface area contributed by atoms with Crippen LogP contribution in [0.3, 0.4) is 0 Å². The number of carboxylic acids is 1. The van der Waals surface area contributed by atoms with Crippen molar-refractivity contribution in [1.29, 1.82) is 0 Å². The molecule has 1 rings (SSSR count). The van der Waals surface area contributed by atoms with Crippen molar-refractivity contribution in [2.75, 3.05) is 6.61 Å². The predicted octanol–water partition coefficient (Wildman–Crippen LogP) is 1.19. The molecule has 0 spiro atoms. The first-order valence-corrected chi connectivity index (χ1v) is 4.83. The van der Waals surface area contributed by atoms with Crippen LogP contribution in [0.2, 0.25) is 0 Å². The van der Waals surface area contributed by atoms with Crippen LogP contribution in [0.4, 0.5) is 4.79 Å². The molecule has 0 unspecified atom stereocenters. The fraction of sp³-hybridized carbons (Fsp3) is 0.182. The molecule has 1 heterocycles. The highest BCUT2D eigenvalue weighted by Gasteiger charge is 2.04. The van der Waals surface area contributed by atoms with E-state index in [9.17, 15) is 9.59 Å². The SMILES string of the molecule is C=CCOC(=O)NCc1ccc(C(=O)O)cn1. The molecule has 0 atom stereocenters. The number of alkyl carbamates (subject to hydrolysis) is 1. The van der Waals surface area contributed by atoms with Gasteiger partial charge in [0, 0.05) is 6.20 Å². The highest BCUT2D eigenvalue weighted by atomic mass is 16.5. The Morgan fingerprint density at radius 3 is 2.82 bits per heavy atom. The van der Waals surface area contributed by atoms with Gasteiger partial charge in [-0.3, -0.25) is 4.98 Å². The smallest absolute Gasteiger partial charge is 0.407 e. The van der Waals surface area contributed by atoms with Gasteiger partial charge >= 0.3 is 12.1 Å². The molecule has 0 radical (unpaired) electrons. The van der Waals surface area contributed by atoms with E-state index in [4.69, 9.17) is 5.11 Å². The number of carboxylic acid groups (broad SMARTS) is 1. The molecular weight excluding hydrogens is 224 g/mol. The van der Waals surface area contributed by atoms with E-state index in [0.717, 1.165) is 0 Å². The molecule has 0 aliphatic heterocycles. The zero-order valence-electron chi connectivity index (χ0n) is 9.05. The lowest BCUT2D eigenvalue weighted by Crippen LogP contribution is -2.24. The number of ether oxygens (including phenoxy) is 1. The molecule has 6 nitrogen and oxygen atoms in total.